The van der Waals surface area contributed by atoms with Crippen molar-refractivity contribution in [1.29, 1.82) is 0 Å². The lowest BCUT2D eigenvalue weighted by Crippen LogP contribution is -2.29. The van der Waals surface area contributed by atoms with Gasteiger partial charge in [0.1, 0.15) is 0 Å². The standard InChI is InChI=1S/C11H15FN2O2S/c12-10-6-3-7-13-11(10)17(15,16)14-8-9-4-1-2-5-9/h3,6-7,9,14H,1-2,4-5,8H2. The maximum absolute atomic E-state index is 13.3. The summed E-state index contributed by atoms with van der Waals surface area (Å²) in [5.41, 5.74) is 0. The van der Waals surface area contributed by atoms with Crippen molar-refractivity contribution in [2.24, 2.45) is 5.92 Å². The van der Waals surface area contributed by atoms with Crippen molar-refractivity contribution >= 4 is 10.0 Å². The minimum atomic E-state index is -3.81. The molecule has 2 rings (SSSR count). The molecular weight excluding hydrogens is 243 g/mol. The average Bonchev–Trinajstić information content (AvgIpc) is 2.80. The fourth-order valence-corrected chi connectivity index (χ4v) is 3.20. The summed E-state index contributed by atoms with van der Waals surface area (Å²) >= 11 is 0. The third-order valence-electron chi connectivity index (χ3n) is 3.02. The summed E-state index contributed by atoms with van der Waals surface area (Å²) in [5, 5.41) is -0.516. The number of nitrogens with zero attached hydrogens (tertiary/aromatic N) is 1. The van der Waals surface area contributed by atoms with Gasteiger partial charge in [-0.15, -0.1) is 0 Å². The number of nitrogens with one attached hydrogen (secondary N) is 1. The van der Waals surface area contributed by atoms with Gasteiger partial charge in [-0.2, -0.15) is 0 Å². The summed E-state index contributed by atoms with van der Waals surface area (Å²) in [5.74, 6) is -0.442. The highest BCUT2D eigenvalue weighted by molar-refractivity contribution is 7.89. The number of halogens is 1. The van der Waals surface area contributed by atoms with Crippen LogP contribution in [-0.4, -0.2) is 19.9 Å². The predicted molar refractivity (Wildman–Crippen MR) is 61.3 cm³/mol. The molecule has 0 aliphatic heterocycles. The zero-order valence-corrected chi connectivity index (χ0v) is 10.2. The van der Waals surface area contributed by atoms with Crippen LogP contribution in [0.25, 0.3) is 0 Å². The number of hydrogen-bond donors (Lipinski definition) is 1. The Morgan fingerprint density at radius 1 is 1.41 bits per heavy atom. The second-order valence-corrected chi connectivity index (χ2v) is 5.98. The third-order valence-corrected chi connectivity index (χ3v) is 4.37. The molecule has 0 amide bonds. The van der Waals surface area contributed by atoms with E-state index in [0.717, 1.165) is 31.7 Å². The Labute approximate surface area is 100 Å². The molecule has 0 atom stereocenters. The number of aromatic nitrogens is 1. The molecule has 0 spiro atoms. The normalized spacial score (nSPS) is 17.5. The van der Waals surface area contributed by atoms with Gasteiger partial charge < -0.3 is 0 Å². The van der Waals surface area contributed by atoms with Crippen molar-refractivity contribution in [3.8, 4) is 0 Å². The molecule has 4 nitrogen and oxygen atoms in total. The Hall–Kier alpha value is -1.01. The smallest absolute Gasteiger partial charge is 0.241 e. The molecule has 94 valence electrons. The van der Waals surface area contributed by atoms with E-state index < -0.39 is 20.9 Å². The van der Waals surface area contributed by atoms with Crippen LogP contribution in [0.3, 0.4) is 0 Å². The van der Waals surface area contributed by atoms with Gasteiger partial charge in [-0.3, -0.25) is 0 Å². The Kier molecular flexibility index (Phi) is 3.73. The van der Waals surface area contributed by atoms with E-state index in [9.17, 15) is 12.8 Å². The van der Waals surface area contributed by atoms with Crippen LogP contribution in [0.5, 0.6) is 0 Å². The van der Waals surface area contributed by atoms with Crippen molar-refractivity contribution < 1.29 is 12.8 Å². The van der Waals surface area contributed by atoms with Crippen LogP contribution in [0.1, 0.15) is 25.7 Å². The van der Waals surface area contributed by atoms with Gasteiger partial charge in [0.2, 0.25) is 5.03 Å². The second kappa shape index (κ2) is 5.10. The average molecular weight is 258 g/mol. The molecular formula is C11H15FN2O2S. The maximum Gasteiger partial charge on any atom is 0.261 e. The fraction of sp³-hybridized carbons (Fsp3) is 0.545. The molecule has 1 aliphatic rings. The quantitative estimate of drug-likeness (QED) is 0.894. The second-order valence-electron chi connectivity index (χ2n) is 4.29. The van der Waals surface area contributed by atoms with E-state index in [1.165, 1.54) is 12.3 Å². The highest BCUT2D eigenvalue weighted by Crippen LogP contribution is 2.24. The minimum Gasteiger partial charge on any atom is -0.241 e. The Morgan fingerprint density at radius 2 is 2.12 bits per heavy atom. The molecule has 0 bridgehead atoms. The van der Waals surface area contributed by atoms with E-state index in [0.29, 0.717) is 12.5 Å². The Balaban J connectivity index is 2.06. The topological polar surface area (TPSA) is 59.1 Å². The maximum atomic E-state index is 13.3. The van der Waals surface area contributed by atoms with Gasteiger partial charge in [-0.25, -0.2) is 22.5 Å². The van der Waals surface area contributed by atoms with Crippen molar-refractivity contribution in [3.63, 3.8) is 0 Å². The van der Waals surface area contributed by atoms with E-state index in [1.54, 1.807) is 0 Å². The van der Waals surface area contributed by atoms with E-state index in [4.69, 9.17) is 0 Å². The zero-order chi connectivity index (χ0) is 12.3. The molecule has 0 aromatic carbocycles. The van der Waals surface area contributed by atoms with E-state index in [1.807, 2.05) is 0 Å². The largest absolute Gasteiger partial charge is 0.261 e. The van der Waals surface area contributed by atoms with Crippen LogP contribution < -0.4 is 4.72 Å². The zero-order valence-electron chi connectivity index (χ0n) is 9.39. The fourth-order valence-electron chi connectivity index (χ4n) is 2.08. The van der Waals surface area contributed by atoms with E-state index in [-0.39, 0.29) is 0 Å². The number of pyridine rings is 1. The van der Waals surface area contributed by atoms with Gasteiger partial charge in [0.05, 0.1) is 0 Å². The lowest BCUT2D eigenvalue weighted by atomic mass is 10.1. The van der Waals surface area contributed by atoms with Crippen molar-refractivity contribution in [2.45, 2.75) is 30.7 Å². The van der Waals surface area contributed by atoms with Gasteiger partial charge in [0, 0.05) is 12.7 Å². The predicted octanol–water partition coefficient (Wildman–Crippen LogP) is 1.69. The van der Waals surface area contributed by atoms with Crippen LogP contribution in [0.15, 0.2) is 23.4 Å². The molecule has 0 unspecified atom stereocenters. The van der Waals surface area contributed by atoms with Gasteiger partial charge in [-0.05, 0) is 30.9 Å². The molecule has 1 N–H and O–H groups in total. The van der Waals surface area contributed by atoms with Crippen LogP contribution in [-0.2, 0) is 10.0 Å². The van der Waals surface area contributed by atoms with Crippen molar-refractivity contribution in [1.82, 2.24) is 9.71 Å². The van der Waals surface area contributed by atoms with Gasteiger partial charge in [0.25, 0.3) is 10.0 Å². The van der Waals surface area contributed by atoms with Crippen molar-refractivity contribution in [3.05, 3.63) is 24.1 Å². The summed E-state index contributed by atoms with van der Waals surface area (Å²) in [4.78, 5) is 3.57. The Bertz CT molecular complexity index is 484. The number of hydrogen-bond acceptors (Lipinski definition) is 3. The number of rotatable bonds is 4. The molecule has 1 aromatic heterocycles. The first-order valence-electron chi connectivity index (χ1n) is 5.70. The first kappa shape index (κ1) is 12.4. The van der Waals surface area contributed by atoms with Crippen LogP contribution in [0.4, 0.5) is 4.39 Å². The summed E-state index contributed by atoms with van der Waals surface area (Å²) in [7, 11) is -3.81. The molecule has 0 radical (unpaired) electrons. The van der Waals surface area contributed by atoms with Crippen molar-refractivity contribution in [2.75, 3.05) is 6.54 Å². The molecule has 1 heterocycles. The Morgan fingerprint density at radius 3 is 2.76 bits per heavy atom. The lowest BCUT2D eigenvalue weighted by molar-refractivity contribution is 0.509. The summed E-state index contributed by atoms with van der Waals surface area (Å²) in [6.45, 7) is 0.373. The lowest BCUT2D eigenvalue weighted by Gasteiger charge is -2.10. The van der Waals surface area contributed by atoms with Gasteiger partial charge in [0.15, 0.2) is 5.82 Å². The summed E-state index contributed by atoms with van der Waals surface area (Å²) in [6.07, 6.45) is 5.63. The first-order chi connectivity index (χ1) is 8.09. The van der Waals surface area contributed by atoms with Crippen LogP contribution >= 0.6 is 0 Å². The van der Waals surface area contributed by atoms with Crippen LogP contribution in [0, 0.1) is 11.7 Å². The van der Waals surface area contributed by atoms with E-state index >= 15 is 0 Å². The molecule has 1 aliphatic carbocycles. The SMILES string of the molecule is O=S(=O)(NCC1CCCC1)c1ncccc1F. The minimum absolute atomic E-state index is 0.372. The van der Waals surface area contributed by atoms with Crippen LogP contribution in [0.2, 0.25) is 0 Å². The molecule has 6 heteroatoms. The molecule has 1 aromatic rings. The molecule has 17 heavy (non-hydrogen) atoms. The summed E-state index contributed by atoms with van der Waals surface area (Å²) in [6, 6.07) is 2.46. The highest BCUT2D eigenvalue weighted by Gasteiger charge is 2.23. The molecule has 1 fully saturated rings. The highest BCUT2D eigenvalue weighted by atomic mass is 32.2. The third kappa shape index (κ3) is 3.01. The molecule has 0 saturated heterocycles. The molecule has 1 saturated carbocycles. The van der Waals surface area contributed by atoms with E-state index in [2.05, 4.69) is 9.71 Å². The monoisotopic (exact) mass is 258 g/mol. The number of sulfonamides is 1. The van der Waals surface area contributed by atoms with Gasteiger partial charge >= 0.3 is 0 Å². The summed E-state index contributed by atoms with van der Waals surface area (Å²) < 4.78 is 39.3. The van der Waals surface area contributed by atoms with Gasteiger partial charge in [-0.1, -0.05) is 12.8 Å². The first-order valence-corrected chi connectivity index (χ1v) is 7.18.